The standard InChI is InChI=1S/C7H6FNO.BH2O2/c8-6-4-2-1-3-5(6)7(9)10;2-1-3/h1-4H,(H2,9,10);2-3H. The summed E-state index contributed by atoms with van der Waals surface area (Å²) in [5.41, 5.74) is 4.77. The summed E-state index contributed by atoms with van der Waals surface area (Å²) in [4.78, 5) is 10.4. The summed E-state index contributed by atoms with van der Waals surface area (Å²) in [7, 11) is 0. The molecule has 4 N–H and O–H groups in total. The molecule has 1 amide bonds. The van der Waals surface area contributed by atoms with Gasteiger partial charge in [-0.1, -0.05) is 12.1 Å². The van der Waals surface area contributed by atoms with Gasteiger partial charge in [-0.25, -0.2) is 4.39 Å². The molecule has 0 saturated carbocycles. The maximum atomic E-state index is 12.5. The third-order valence-electron chi connectivity index (χ3n) is 1.14. The molecule has 0 atom stereocenters. The average Bonchev–Trinajstić information content (AvgIpc) is 2.06. The molecule has 6 heteroatoms. The van der Waals surface area contributed by atoms with Crippen molar-refractivity contribution in [1.29, 1.82) is 0 Å². The fourth-order valence-electron chi connectivity index (χ4n) is 0.661. The molecule has 69 valence electrons. The number of hydrogen-bond acceptors (Lipinski definition) is 3. The Morgan fingerprint density at radius 1 is 1.38 bits per heavy atom. The van der Waals surface area contributed by atoms with E-state index >= 15 is 0 Å². The summed E-state index contributed by atoms with van der Waals surface area (Å²) in [6, 6.07) is 5.60. The zero-order valence-electron chi connectivity index (χ0n) is 6.64. The lowest BCUT2D eigenvalue weighted by molar-refractivity contribution is 0.0996. The predicted molar refractivity (Wildman–Crippen MR) is 45.1 cm³/mol. The van der Waals surface area contributed by atoms with Gasteiger partial charge >= 0.3 is 7.69 Å². The molecular formula is C7H8BFNO3. The van der Waals surface area contributed by atoms with E-state index in [-0.39, 0.29) is 13.2 Å². The minimum Gasteiger partial charge on any atom is -0.429 e. The van der Waals surface area contributed by atoms with Gasteiger partial charge in [0.25, 0.3) is 5.91 Å². The Labute approximate surface area is 75.1 Å². The fraction of sp³-hybridized carbons (Fsp3) is 0. The van der Waals surface area contributed by atoms with E-state index < -0.39 is 11.7 Å². The SMILES string of the molecule is NC(=O)c1ccccc1F.O[B]O. The minimum absolute atomic E-state index is 0. The number of carbonyl (C=O) groups excluding carboxylic acids is 1. The van der Waals surface area contributed by atoms with Crippen LogP contribution in [0.25, 0.3) is 0 Å². The van der Waals surface area contributed by atoms with Crippen molar-refractivity contribution in [3.63, 3.8) is 0 Å². The molecule has 1 aromatic rings. The Balaban J connectivity index is 0.000000424. The minimum atomic E-state index is -0.738. The van der Waals surface area contributed by atoms with Crippen LogP contribution in [0.4, 0.5) is 4.39 Å². The van der Waals surface area contributed by atoms with Crippen molar-refractivity contribution >= 4 is 13.6 Å². The molecule has 4 nitrogen and oxygen atoms in total. The first-order valence-electron chi connectivity index (χ1n) is 3.28. The second-order valence-electron chi connectivity index (χ2n) is 1.96. The molecule has 0 spiro atoms. The highest BCUT2D eigenvalue weighted by molar-refractivity contribution is 6.13. The molecule has 0 heterocycles. The van der Waals surface area contributed by atoms with Crippen LogP contribution in [0.2, 0.25) is 0 Å². The molecule has 1 rings (SSSR count). The van der Waals surface area contributed by atoms with Gasteiger partial charge in [0.05, 0.1) is 5.56 Å². The van der Waals surface area contributed by atoms with E-state index in [4.69, 9.17) is 15.8 Å². The Morgan fingerprint density at radius 2 is 1.85 bits per heavy atom. The molecule has 0 fully saturated rings. The van der Waals surface area contributed by atoms with Crippen molar-refractivity contribution in [3.8, 4) is 0 Å². The number of primary amides is 1. The van der Waals surface area contributed by atoms with Crippen LogP contribution in [-0.2, 0) is 0 Å². The summed E-state index contributed by atoms with van der Waals surface area (Å²) >= 11 is 0. The van der Waals surface area contributed by atoms with E-state index in [0.29, 0.717) is 0 Å². The molecule has 13 heavy (non-hydrogen) atoms. The van der Waals surface area contributed by atoms with Gasteiger partial charge in [0.2, 0.25) is 0 Å². The van der Waals surface area contributed by atoms with Crippen molar-refractivity contribution in [2.45, 2.75) is 0 Å². The first-order valence-corrected chi connectivity index (χ1v) is 3.28. The molecule has 0 bridgehead atoms. The summed E-state index contributed by atoms with van der Waals surface area (Å²) in [5, 5.41) is 14.0. The van der Waals surface area contributed by atoms with E-state index in [1.807, 2.05) is 0 Å². The van der Waals surface area contributed by atoms with Crippen LogP contribution >= 0.6 is 0 Å². The smallest absolute Gasteiger partial charge is 0.429 e. The number of carbonyl (C=O) groups is 1. The van der Waals surface area contributed by atoms with Gasteiger partial charge in [0.15, 0.2) is 0 Å². The Morgan fingerprint density at radius 3 is 2.15 bits per heavy atom. The first-order chi connectivity index (χ1) is 6.13. The van der Waals surface area contributed by atoms with E-state index in [1.165, 1.54) is 18.2 Å². The lowest BCUT2D eigenvalue weighted by Gasteiger charge is -1.94. The molecule has 0 aliphatic carbocycles. The number of halogens is 1. The molecule has 0 aliphatic heterocycles. The molecule has 1 aromatic carbocycles. The van der Waals surface area contributed by atoms with Gasteiger partial charge in [-0.2, -0.15) is 0 Å². The van der Waals surface area contributed by atoms with Crippen LogP contribution < -0.4 is 5.73 Å². The van der Waals surface area contributed by atoms with Crippen molar-refractivity contribution in [2.24, 2.45) is 5.73 Å². The van der Waals surface area contributed by atoms with E-state index in [2.05, 4.69) is 0 Å². The van der Waals surface area contributed by atoms with Crippen molar-refractivity contribution in [3.05, 3.63) is 35.6 Å². The summed E-state index contributed by atoms with van der Waals surface area (Å²) in [6.07, 6.45) is 0. The number of nitrogens with two attached hydrogens (primary N) is 1. The lowest BCUT2D eigenvalue weighted by atomic mass is 10.2. The first kappa shape index (κ1) is 11.6. The van der Waals surface area contributed by atoms with Crippen LogP contribution in [-0.4, -0.2) is 23.6 Å². The number of benzene rings is 1. The fourth-order valence-corrected chi connectivity index (χ4v) is 0.661. The average molecular weight is 184 g/mol. The second kappa shape index (κ2) is 6.16. The van der Waals surface area contributed by atoms with E-state index in [0.717, 1.165) is 0 Å². The summed E-state index contributed by atoms with van der Waals surface area (Å²) in [6.45, 7) is 0. The molecule has 0 saturated heterocycles. The molecular weight excluding hydrogens is 176 g/mol. The van der Waals surface area contributed by atoms with Gasteiger partial charge in [0.1, 0.15) is 5.82 Å². The molecule has 0 aromatic heterocycles. The molecule has 1 radical (unpaired) electrons. The van der Waals surface area contributed by atoms with Crippen LogP contribution in [0.15, 0.2) is 24.3 Å². The third kappa shape index (κ3) is 4.24. The lowest BCUT2D eigenvalue weighted by Crippen LogP contribution is -2.12. The maximum Gasteiger partial charge on any atom is 0.482 e. The van der Waals surface area contributed by atoms with E-state index in [1.54, 1.807) is 6.07 Å². The number of hydrogen-bond donors (Lipinski definition) is 3. The zero-order chi connectivity index (χ0) is 10.3. The molecule has 0 unspecified atom stereocenters. The van der Waals surface area contributed by atoms with Crippen LogP contribution in [0.5, 0.6) is 0 Å². The highest BCUT2D eigenvalue weighted by Gasteiger charge is 2.04. The highest BCUT2D eigenvalue weighted by atomic mass is 19.1. The van der Waals surface area contributed by atoms with Gasteiger partial charge < -0.3 is 15.8 Å². The second-order valence-corrected chi connectivity index (χ2v) is 1.96. The van der Waals surface area contributed by atoms with Crippen LogP contribution in [0.3, 0.4) is 0 Å². The monoisotopic (exact) mass is 184 g/mol. The maximum absolute atomic E-state index is 12.5. The molecule has 0 aliphatic rings. The highest BCUT2D eigenvalue weighted by Crippen LogP contribution is 2.03. The topological polar surface area (TPSA) is 83.6 Å². The van der Waals surface area contributed by atoms with Crippen molar-refractivity contribution in [2.75, 3.05) is 0 Å². The Bertz CT molecular complexity index is 282. The van der Waals surface area contributed by atoms with Crippen molar-refractivity contribution < 1.29 is 19.2 Å². The normalized spacial score (nSPS) is 8.23. The quantitative estimate of drug-likeness (QED) is 0.511. The van der Waals surface area contributed by atoms with Gasteiger partial charge in [-0.3, -0.25) is 4.79 Å². The summed E-state index contributed by atoms with van der Waals surface area (Å²) < 4.78 is 12.5. The zero-order valence-corrected chi connectivity index (χ0v) is 6.64. The van der Waals surface area contributed by atoms with Crippen LogP contribution in [0.1, 0.15) is 10.4 Å². The summed E-state index contributed by atoms with van der Waals surface area (Å²) in [5.74, 6) is -1.31. The van der Waals surface area contributed by atoms with Gasteiger partial charge in [-0.15, -0.1) is 0 Å². The number of rotatable bonds is 1. The third-order valence-corrected chi connectivity index (χ3v) is 1.14. The Kier molecular flexibility index (Phi) is 5.50. The van der Waals surface area contributed by atoms with E-state index in [9.17, 15) is 9.18 Å². The largest absolute Gasteiger partial charge is 0.482 e. The van der Waals surface area contributed by atoms with Crippen molar-refractivity contribution in [1.82, 2.24) is 0 Å². The predicted octanol–water partition coefficient (Wildman–Crippen LogP) is -0.570. The van der Waals surface area contributed by atoms with Crippen LogP contribution in [0, 0.1) is 5.82 Å². The number of amides is 1. The Hall–Kier alpha value is -1.40. The van der Waals surface area contributed by atoms with Gasteiger partial charge in [-0.05, 0) is 12.1 Å². The van der Waals surface area contributed by atoms with Gasteiger partial charge in [0, 0.05) is 0 Å².